The van der Waals surface area contributed by atoms with Gasteiger partial charge in [-0.3, -0.25) is 9.59 Å². The highest BCUT2D eigenvalue weighted by atomic mass is 35.5. The summed E-state index contributed by atoms with van der Waals surface area (Å²) in [5.41, 5.74) is 2.98. The van der Waals surface area contributed by atoms with E-state index >= 15 is 0 Å². The molecule has 0 radical (unpaired) electrons. The first kappa shape index (κ1) is 16.3. The van der Waals surface area contributed by atoms with Gasteiger partial charge in [0.2, 0.25) is 11.8 Å². The molecule has 0 aliphatic carbocycles. The van der Waals surface area contributed by atoms with E-state index < -0.39 is 5.92 Å². The molecule has 0 bridgehead atoms. The second-order valence-corrected chi connectivity index (χ2v) is 6.09. The molecule has 2 amide bonds. The minimum absolute atomic E-state index is 0.0632. The largest absolute Gasteiger partial charge is 0.495 e. The summed E-state index contributed by atoms with van der Waals surface area (Å²) in [6.45, 7) is 1.85. The highest BCUT2D eigenvalue weighted by Gasteiger charge is 2.32. The summed E-state index contributed by atoms with van der Waals surface area (Å²) in [4.78, 5) is 24.5. The van der Waals surface area contributed by atoms with Gasteiger partial charge in [0.05, 0.1) is 18.7 Å². The van der Waals surface area contributed by atoms with Crippen molar-refractivity contribution in [1.82, 2.24) is 0 Å². The molecular formula is C18H17ClN2O3. The highest BCUT2D eigenvalue weighted by Crippen LogP contribution is 2.35. The zero-order chi connectivity index (χ0) is 17.3. The molecule has 2 aromatic carbocycles. The number of hydrogen-bond acceptors (Lipinski definition) is 3. The molecule has 24 heavy (non-hydrogen) atoms. The normalized spacial score (nSPS) is 15.6. The SMILES string of the molecule is COc1cc(Cl)c(C)cc1NC(=O)CC1C(=O)Nc2ccccc21. The summed E-state index contributed by atoms with van der Waals surface area (Å²) in [6.07, 6.45) is 0.0632. The Bertz CT molecular complexity index is 820. The van der Waals surface area contributed by atoms with Crippen LogP contribution in [0, 0.1) is 6.92 Å². The Morgan fingerprint density at radius 1 is 1.33 bits per heavy atom. The molecule has 0 fully saturated rings. The van der Waals surface area contributed by atoms with Crippen LogP contribution in [-0.4, -0.2) is 18.9 Å². The number of para-hydroxylation sites is 1. The number of rotatable bonds is 4. The lowest BCUT2D eigenvalue weighted by Crippen LogP contribution is -2.20. The molecule has 2 N–H and O–H groups in total. The van der Waals surface area contributed by atoms with Gasteiger partial charge in [0.25, 0.3) is 0 Å². The number of carbonyl (C=O) groups is 2. The van der Waals surface area contributed by atoms with Crippen molar-refractivity contribution in [1.29, 1.82) is 0 Å². The van der Waals surface area contributed by atoms with Gasteiger partial charge < -0.3 is 15.4 Å². The molecule has 3 rings (SSSR count). The van der Waals surface area contributed by atoms with Gasteiger partial charge in [0.1, 0.15) is 5.75 Å². The number of ether oxygens (including phenoxy) is 1. The van der Waals surface area contributed by atoms with E-state index in [-0.39, 0.29) is 18.2 Å². The Morgan fingerprint density at radius 3 is 2.83 bits per heavy atom. The van der Waals surface area contributed by atoms with E-state index in [1.807, 2.05) is 31.2 Å². The Morgan fingerprint density at radius 2 is 2.08 bits per heavy atom. The molecule has 1 atom stereocenters. The predicted octanol–water partition coefficient (Wildman–Crippen LogP) is 3.72. The van der Waals surface area contributed by atoms with Crippen LogP contribution in [0.1, 0.15) is 23.5 Å². The summed E-state index contributed by atoms with van der Waals surface area (Å²) in [6, 6.07) is 10.8. The smallest absolute Gasteiger partial charge is 0.232 e. The minimum atomic E-state index is -0.486. The fourth-order valence-corrected chi connectivity index (χ4v) is 2.95. The summed E-state index contributed by atoms with van der Waals surface area (Å²) in [5.74, 6) is -0.423. The Kier molecular flexibility index (Phi) is 4.44. The molecular weight excluding hydrogens is 328 g/mol. The third-order valence-corrected chi connectivity index (χ3v) is 4.46. The quantitative estimate of drug-likeness (QED) is 0.888. The maximum absolute atomic E-state index is 12.4. The third kappa shape index (κ3) is 3.08. The topological polar surface area (TPSA) is 67.4 Å². The molecule has 0 saturated carbocycles. The number of benzene rings is 2. The fourth-order valence-electron chi connectivity index (χ4n) is 2.79. The molecule has 0 saturated heterocycles. The monoisotopic (exact) mass is 344 g/mol. The van der Waals surface area contributed by atoms with Gasteiger partial charge in [-0.05, 0) is 30.2 Å². The molecule has 1 unspecified atom stereocenters. The van der Waals surface area contributed by atoms with E-state index in [1.54, 1.807) is 12.1 Å². The number of halogens is 1. The van der Waals surface area contributed by atoms with Crippen LogP contribution in [0.5, 0.6) is 5.75 Å². The molecule has 2 aromatic rings. The van der Waals surface area contributed by atoms with Gasteiger partial charge >= 0.3 is 0 Å². The van der Waals surface area contributed by atoms with Gasteiger partial charge in [0.15, 0.2) is 0 Å². The standard InChI is InChI=1S/C18H17ClN2O3/c1-10-7-15(16(24-2)9-13(10)19)20-17(22)8-12-11-5-3-4-6-14(11)21-18(12)23/h3-7,9,12H,8H2,1-2H3,(H,20,22)(H,21,23). The van der Waals surface area contributed by atoms with Crippen molar-refractivity contribution in [2.75, 3.05) is 17.7 Å². The molecule has 1 heterocycles. The molecule has 0 aromatic heterocycles. The fraction of sp³-hybridized carbons (Fsp3) is 0.222. The molecule has 6 heteroatoms. The molecule has 124 valence electrons. The van der Waals surface area contributed by atoms with Gasteiger partial charge in [-0.2, -0.15) is 0 Å². The van der Waals surface area contributed by atoms with Crippen molar-refractivity contribution >= 4 is 34.8 Å². The van der Waals surface area contributed by atoms with Crippen LogP contribution in [0.3, 0.4) is 0 Å². The lowest BCUT2D eigenvalue weighted by molar-refractivity contribution is -0.122. The van der Waals surface area contributed by atoms with Gasteiger partial charge in [-0.1, -0.05) is 29.8 Å². The van der Waals surface area contributed by atoms with E-state index in [0.717, 1.165) is 16.8 Å². The van der Waals surface area contributed by atoms with E-state index in [2.05, 4.69) is 10.6 Å². The number of methoxy groups -OCH3 is 1. The second kappa shape index (κ2) is 6.53. The lowest BCUT2D eigenvalue weighted by atomic mass is 9.97. The minimum Gasteiger partial charge on any atom is -0.495 e. The van der Waals surface area contributed by atoms with Crippen LogP contribution >= 0.6 is 11.6 Å². The van der Waals surface area contributed by atoms with Crippen LogP contribution in [-0.2, 0) is 9.59 Å². The zero-order valence-electron chi connectivity index (χ0n) is 13.4. The van der Waals surface area contributed by atoms with Gasteiger partial charge in [0, 0.05) is 23.2 Å². The van der Waals surface area contributed by atoms with Crippen molar-refractivity contribution in [3.8, 4) is 5.75 Å². The van der Waals surface area contributed by atoms with Crippen LogP contribution in [0.15, 0.2) is 36.4 Å². The van der Waals surface area contributed by atoms with E-state index in [1.165, 1.54) is 7.11 Å². The second-order valence-electron chi connectivity index (χ2n) is 5.68. The Hall–Kier alpha value is -2.53. The van der Waals surface area contributed by atoms with Gasteiger partial charge in [-0.15, -0.1) is 0 Å². The van der Waals surface area contributed by atoms with E-state index in [9.17, 15) is 9.59 Å². The summed E-state index contributed by atoms with van der Waals surface area (Å²) in [5, 5.41) is 6.16. The average Bonchev–Trinajstić information content (AvgIpc) is 2.86. The van der Waals surface area contributed by atoms with Crippen LogP contribution in [0.4, 0.5) is 11.4 Å². The first-order chi connectivity index (χ1) is 11.5. The summed E-state index contributed by atoms with van der Waals surface area (Å²) < 4.78 is 5.25. The maximum atomic E-state index is 12.4. The van der Waals surface area contributed by atoms with Crippen molar-refractivity contribution < 1.29 is 14.3 Å². The van der Waals surface area contributed by atoms with Crippen molar-refractivity contribution in [3.05, 3.63) is 52.5 Å². The molecule has 1 aliphatic heterocycles. The number of amides is 2. The number of anilines is 2. The van der Waals surface area contributed by atoms with Crippen LogP contribution in [0.25, 0.3) is 0 Å². The number of fused-ring (bicyclic) bond motifs is 1. The zero-order valence-corrected chi connectivity index (χ0v) is 14.1. The first-order valence-electron chi connectivity index (χ1n) is 7.53. The number of nitrogens with one attached hydrogen (secondary N) is 2. The number of carbonyl (C=O) groups excluding carboxylic acids is 2. The van der Waals surface area contributed by atoms with Crippen molar-refractivity contribution in [2.45, 2.75) is 19.3 Å². The van der Waals surface area contributed by atoms with Crippen LogP contribution in [0.2, 0.25) is 5.02 Å². The van der Waals surface area contributed by atoms with Crippen molar-refractivity contribution in [2.24, 2.45) is 0 Å². The average molecular weight is 345 g/mol. The van der Waals surface area contributed by atoms with Gasteiger partial charge in [-0.25, -0.2) is 0 Å². The highest BCUT2D eigenvalue weighted by molar-refractivity contribution is 6.31. The first-order valence-corrected chi connectivity index (χ1v) is 7.91. The summed E-state index contributed by atoms with van der Waals surface area (Å²) in [7, 11) is 1.51. The number of aryl methyl sites for hydroxylation is 1. The van der Waals surface area contributed by atoms with Crippen LogP contribution < -0.4 is 15.4 Å². The molecule has 5 nitrogen and oxygen atoms in total. The Balaban J connectivity index is 1.77. The Labute approximate surface area is 145 Å². The molecule has 0 spiro atoms. The van der Waals surface area contributed by atoms with E-state index in [0.29, 0.717) is 16.5 Å². The van der Waals surface area contributed by atoms with E-state index in [4.69, 9.17) is 16.3 Å². The number of hydrogen-bond donors (Lipinski definition) is 2. The lowest BCUT2D eigenvalue weighted by Gasteiger charge is -2.14. The molecule has 1 aliphatic rings. The predicted molar refractivity (Wildman–Crippen MR) is 93.8 cm³/mol. The maximum Gasteiger partial charge on any atom is 0.232 e. The summed E-state index contributed by atoms with van der Waals surface area (Å²) >= 11 is 6.07. The third-order valence-electron chi connectivity index (χ3n) is 4.05. The van der Waals surface area contributed by atoms with Crippen molar-refractivity contribution in [3.63, 3.8) is 0 Å².